The fourth-order valence-corrected chi connectivity index (χ4v) is 2.07. The average molecular weight is 234 g/mol. The van der Waals surface area contributed by atoms with Gasteiger partial charge in [0.15, 0.2) is 0 Å². The minimum atomic E-state index is -0.232. The Balaban J connectivity index is 1.98. The van der Waals surface area contributed by atoms with Gasteiger partial charge in [-0.25, -0.2) is 4.79 Å². The standard InChI is InChI=1S/C13H18N2O2/c1-10-3-2-4-11(7-10)8-15-9-12(5-6-14)17-13(15)16/h2-4,7,12H,5-6,8-9,14H2,1H3. The van der Waals surface area contributed by atoms with E-state index in [2.05, 4.69) is 6.07 Å². The maximum atomic E-state index is 11.6. The summed E-state index contributed by atoms with van der Waals surface area (Å²) >= 11 is 0. The molecular weight excluding hydrogens is 216 g/mol. The number of ether oxygens (including phenoxy) is 1. The second-order valence-corrected chi connectivity index (χ2v) is 4.45. The molecule has 17 heavy (non-hydrogen) atoms. The molecule has 4 nitrogen and oxygen atoms in total. The number of benzene rings is 1. The summed E-state index contributed by atoms with van der Waals surface area (Å²) in [6, 6.07) is 8.16. The number of hydrogen-bond donors (Lipinski definition) is 1. The lowest BCUT2D eigenvalue weighted by Crippen LogP contribution is -2.25. The summed E-state index contributed by atoms with van der Waals surface area (Å²) in [5.41, 5.74) is 7.80. The highest BCUT2D eigenvalue weighted by molar-refractivity contribution is 5.69. The molecule has 4 heteroatoms. The molecule has 0 radical (unpaired) electrons. The summed E-state index contributed by atoms with van der Waals surface area (Å²) in [5.74, 6) is 0. The average Bonchev–Trinajstić information content (AvgIpc) is 2.60. The van der Waals surface area contributed by atoms with Crippen molar-refractivity contribution in [2.24, 2.45) is 5.73 Å². The minimum absolute atomic E-state index is 0.0442. The quantitative estimate of drug-likeness (QED) is 0.862. The van der Waals surface area contributed by atoms with E-state index in [1.807, 2.05) is 25.1 Å². The number of nitrogens with two attached hydrogens (primary N) is 1. The maximum absolute atomic E-state index is 11.6. The molecule has 1 amide bonds. The van der Waals surface area contributed by atoms with Crippen molar-refractivity contribution in [1.29, 1.82) is 0 Å². The third kappa shape index (κ3) is 2.97. The van der Waals surface area contributed by atoms with Crippen molar-refractivity contribution < 1.29 is 9.53 Å². The van der Waals surface area contributed by atoms with Crippen molar-refractivity contribution in [3.8, 4) is 0 Å². The lowest BCUT2D eigenvalue weighted by atomic mass is 10.1. The molecule has 1 atom stereocenters. The van der Waals surface area contributed by atoms with Crippen molar-refractivity contribution in [3.63, 3.8) is 0 Å². The minimum Gasteiger partial charge on any atom is -0.444 e. The van der Waals surface area contributed by atoms with Gasteiger partial charge in [0.05, 0.1) is 6.54 Å². The van der Waals surface area contributed by atoms with E-state index in [-0.39, 0.29) is 12.2 Å². The van der Waals surface area contributed by atoms with Crippen LogP contribution in [0.3, 0.4) is 0 Å². The highest BCUT2D eigenvalue weighted by Crippen LogP contribution is 2.17. The summed E-state index contributed by atoms with van der Waals surface area (Å²) in [4.78, 5) is 13.3. The molecule has 1 aromatic carbocycles. The van der Waals surface area contributed by atoms with E-state index in [9.17, 15) is 4.79 Å². The second kappa shape index (κ2) is 5.19. The van der Waals surface area contributed by atoms with Crippen LogP contribution in [0.2, 0.25) is 0 Å². The van der Waals surface area contributed by atoms with Crippen molar-refractivity contribution in [2.75, 3.05) is 13.1 Å². The van der Waals surface area contributed by atoms with E-state index in [0.29, 0.717) is 19.6 Å². The molecule has 1 fully saturated rings. The van der Waals surface area contributed by atoms with Gasteiger partial charge in [0, 0.05) is 6.54 Å². The number of carbonyl (C=O) groups excluding carboxylic acids is 1. The first-order valence-electron chi connectivity index (χ1n) is 5.90. The number of nitrogens with zero attached hydrogens (tertiary/aromatic N) is 1. The Morgan fingerprint density at radius 2 is 2.35 bits per heavy atom. The van der Waals surface area contributed by atoms with Crippen LogP contribution < -0.4 is 5.73 Å². The van der Waals surface area contributed by atoms with Crippen molar-refractivity contribution in [1.82, 2.24) is 4.90 Å². The maximum Gasteiger partial charge on any atom is 0.410 e. The van der Waals surface area contributed by atoms with Crippen LogP contribution in [0.5, 0.6) is 0 Å². The van der Waals surface area contributed by atoms with Crippen LogP contribution in [0.15, 0.2) is 24.3 Å². The first kappa shape index (κ1) is 11.9. The van der Waals surface area contributed by atoms with E-state index in [1.54, 1.807) is 4.90 Å². The van der Waals surface area contributed by atoms with Gasteiger partial charge in [0.25, 0.3) is 0 Å². The molecule has 0 saturated carbocycles. The van der Waals surface area contributed by atoms with Crippen LogP contribution in [-0.4, -0.2) is 30.2 Å². The van der Waals surface area contributed by atoms with Crippen molar-refractivity contribution in [2.45, 2.75) is 26.0 Å². The van der Waals surface area contributed by atoms with Crippen LogP contribution in [0.25, 0.3) is 0 Å². The van der Waals surface area contributed by atoms with Gasteiger partial charge in [-0.1, -0.05) is 29.8 Å². The molecular formula is C13H18N2O2. The van der Waals surface area contributed by atoms with E-state index in [0.717, 1.165) is 12.0 Å². The van der Waals surface area contributed by atoms with Gasteiger partial charge in [-0.15, -0.1) is 0 Å². The highest BCUT2D eigenvalue weighted by atomic mass is 16.6. The largest absolute Gasteiger partial charge is 0.444 e. The van der Waals surface area contributed by atoms with Gasteiger partial charge in [0.1, 0.15) is 6.10 Å². The zero-order valence-electron chi connectivity index (χ0n) is 10.1. The molecule has 1 saturated heterocycles. The number of carbonyl (C=O) groups is 1. The summed E-state index contributed by atoms with van der Waals surface area (Å²) in [6.45, 7) is 3.85. The third-order valence-corrected chi connectivity index (χ3v) is 2.89. The van der Waals surface area contributed by atoms with Crippen molar-refractivity contribution >= 4 is 6.09 Å². The Bertz CT molecular complexity index is 406. The van der Waals surface area contributed by atoms with E-state index in [4.69, 9.17) is 10.5 Å². The molecule has 0 aromatic heterocycles. The van der Waals surface area contributed by atoms with E-state index < -0.39 is 0 Å². The lowest BCUT2D eigenvalue weighted by molar-refractivity contribution is 0.129. The van der Waals surface area contributed by atoms with Crippen LogP contribution in [0.1, 0.15) is 17.5 Å². The molecule has 0 aliphatic carbocycles. The number of aryl methyl sites for hydroxylation is 1. The monoisotopic (exact) mass is 234 g/mol. The topological polar surface area (TPSA) is 55.6 Å². The predicted octanol–water partition coefficient (Wildman–Crippen LogP) is 1.66. The van der Waals surface area contributed by atoms with E-state index >= 15 is 0 Å². The van der Waals surface area contributed by atoms with Crippen LogP contribution in [-0.2, 0) is 11.3 Å². The lowest BCUT2D eigenvalue weighted by Gasteiger charge is -2.13. The van der Waals surface area contributed by atoms with Gasteiger partial charge in [-0.3, -0.25) is 0 Å². The zero-order chi connectivity index (χ0) is 12.3. The summed E-state index contributed by atoms with van der Waals surface area (Å²) in [7, 11) is 0. The Kier molecular flexibility index (Phi) is 3.64. The molecule has 0 spiro atoms. The number of amides is 1. The normalized spacial score (nSPS) is 19.5. The Morgan fingerprint density at radius 3 is 3.06 bits per heavy atom. The molecule has 1 unspecified atom stereocenters. The zero-order valence-corrected chi connectivity index (χ0v) is 10.1. The first-order chi connectivity index (χ1) is 8.19. The third-order valence-electron chi connectivity index (χ3n) is 2.89. The Hall–Kier alpha value is -1.55. The van der Waals surface area contributed by atoms with Gasteiger partial charge < -0.3 is 15.4 Å². The van der Waals surface area contributed by atoms with Gasteiger partial charge in [-0.05, 0) is 25.5 Å². The van der Waals surface area contributed by atoms with Gasteiger partial charge in [-0.2, -0.15) is 0 Å². The smallest absolute Gasteiger partial charge is 0.410 e. The number of cyclic esters (lactones) is 1. The molecule has 1 aliphatic heterocycles. The SMILES string of the molecule is Cc1cccc(CN2CC(CCN)OC2=O)c1. The van der Waals surface area contributed by atoms with Gasteiger partial charge in [0.2, 0.25) is 0 Å². The fraction of sp³-hybridized carbons (Fsp3) is 0.462. The number of rotatable bonds is 4. The summed E-state index contributed by atoms with van der Waals surface area (Å²) < 4.78 is 5.22. The van der Waals surface area contributed by atoms with Crippen LogP contribution >= 0.6 is 0 Å². The highest BCUT2D eigenvalue weighted by Gasteiger charge is 2.30. The second-order valence-electron chi connectivity index (χ2n) is 4.45. The molecule has 0 bridgehead atoms. The van der Waals surface area contributed by atoms with Crippen LogP contribution in [0.4, 0.5) is 4.79 Å². The fourth-order valence-electron chi connectivity index (χ4n) is 2.07. The van der Waals surface area contributed by atoms with Crippen molar-refractivity contribution in [3.05, 3.63) is 35.4 Å². The summed E-state index contributed by atoms with van der Waals surface area (Å²) in [5, 5.41) is 0. The molecule has 2 N–H and O–H groups in total. The first-order valence-corrected chi connectivity index (χ1v) is 5.90. The Morgan fingerprint density at radius 1 is 1.53 bits per heavy atom. The molecule has 2 rings (SSSR count). The van der Waals surface area contributed by atoms with Crippen LogP contribution in [0, 0.1) is 6.92 Å². The molecule has 1 aliphatic rings. The summed E-state index contributed by atoms with van der Waals surface area (Å²) in [6.07, 6.45) is 0.457. The molecule has 1 aromatic rings. The number of hydrogen-bond acceptors (Lipinski definition) is 3. The molecule has 92 valence electrons. The predicted molar refractivity (Wildman–Crippen MR) is 65.5 cm³/mol. The van der Waals surface area contributed by atoms with E-state index in [1.165, 1.54) is 5.56 Å². The van der Waals surface area contributed by atoms with Gasteiger partial charge >= 0.3 is 6.09 Å². The molecule has 1 heterocycles. The Labute approximate surface area is 101 Å².